The summed E-state index contributed by atoms with van der Waals surface area (Å²) in [6.45, 7) is 4.71. The molecule has 7 heteroatoms. The Hall–Kier alpha value is -0.660. The maximum atomic E-state index is 11.5. The number of aliphatic carboxylic acids is 1. The van der Waals surface area contributed by atoms with Gasteiger partial charge in [0.05, 0.1) is 0 Å². The van der Waals surface area contributed by atoms with Crippen molar-refractivity contribution in [2.75, 3.05) is 12.3 Å². The fourth-order valence-corrected chi connectivity index (χ4v) is 3.35. The molecule has 0 aliphatic rings. The van der Waals surface area contributed by atoms with Crippen LogP contribution in [0.1, 0.15) is 39.5 Å². The first-order chi connectivity index (χ1) is 9.14. The number of hydrogen-bond donors (Lipinski definition) is 2. The number of thioether (sulfide) groups is 1. The number of nitrogens with zero attached hydrogens (tertiary/aromatic N) is 2. The van der Waals surface area contributed by atoms with E-state index in [1.807, 2.05) is 13.8 Å². The highest BCUT2D eigenvalue weighted by Crippen LogP contribution is 2.24. The summed E-state index contributed by atoms with van der Waals surface area (Å²) in [6.07, 6.45) is 3.03. The first-order valence-corrected chi connectivity index (χ1v) is 8.38. The molecule has 1 aromatic heterocycles. The fraction of sp³-hybridized carbons (Fsp3) is 0.750. The van der Waals surface area contributed by atoms with Crippen molar-refractivity contribution in [2.45, 2.75) is 49.4 Å². The molecule has 5 nitrogen and oxygen atoms in total. The Balaban J connectivity index is 2.41. The van der Waals surface area contributed by atoms with Crippen LogP contribution in [0.4, 0.5) is 0 Å². The van der Waals surface area contributed by atoms with Gasteiger partial charge in [0, 0.05) is 5.75 Å². The Morgan fingerprint density at radius 3 is 2.89 bits per heavy atom. The topological polar surface area (TPSA) is 75.1 Å². The second kappa shape index (κ2) is 8.50. The Morgan fingerprint density at radius 1 is 1.58 bits per heavy atom. The minimum absolute atomic E-state index is 0.603. The lowest BCUT2D eigenvalue weighted by molar-refractivity contribution is -0.145. The molecule has 0 saturated heterocycles. The van der Waals surface area contributed by atoms with Gasteiger partial charge in [0.2, 0.25) is 0 Å². The fourth-order valence-electron chi connectivity index (χ4n) is 1.85. The zero-order chi connectivity index (χ0) is 14.1. The van der Waals surface area contributed by atoms with E-state index in [2.05, 4.69) is 15.5 Å². The van der Waals surface area contributed by atoms with Crippen molar-refractivity contribution in [3.8, 4) is 0 Å². The van der Waals surface area contributed by atoms with Crippen LogP contribution < -0.4 is 5.32 Å². The molecule has 0 aromatic carbocycles. The number of carboxylic acid groups (broad SMARTS) is 1. The number of aromatic nitrogens is 2. The van der Waals surface area contributed by atoms with Crippen LogP contribution in [0.2, 0.25) is 0 Å². The number of carboxylic acids is 1. The third-order valence-electron chi connectivity index (χ3n) is 3.04. The highest BCUT2D eigenvalue weighted by molar-refractivity contribution is 8.00. The molecule has 0 aliphatic carbocycles. The van der Waals surface area contributed by atoms with Crippen molar-refractivity contribution >= 4 is 29.1 Å². The minimum atomic E-state index is -0.780. The lowest BCUT2D eigenvalue weighted by Gasteiger charge is -2.29. The van der Waals surface area contributed by atoms with Gasteiger partial charge in [-0.25, -0.2) is 0 Å². The molecule has 0 bridgehead atoms. The SMILES string of the molecule is CCCNC(CC)(CCCSc1nncs1)C(=O)O. The molecule has 0 saturated carbocycles. The van der Waals surface area contributed by atoms with Gasteiger partial charge >= 0.3 is 5.97 Å². The molecular weight excluding hydrogens is 282 g/mol. The smallest absolute Gasteiger partial charge is 0.323 e. The van der Waals surface area contributed by atoms with Crippen molar-refractivity contribution in [3.05, 3.63) is 5.51 Å². The quantitative estimate of drug-likeness (QED) is 0.511. The third kappa shape index (κ3) is 5.08. The number of rotatable bonds is 10. The maximum Gasteiger partial charge on any atom is 0.323 e. The van der Waals surface area contributed by atoms with Gasteiger partial charge in [-0.05, 0) is 32.2 Å². The molecule has 0 fully saturated rings. The van der Waals surface area contributed by atoms with E-state index in [0.717, 1.165) is 29.5 Å². The van der Waals surface area contributed by atoms with Gasteiger partial charge in [-0.15, -0.1) is 10.2 Å². The van der Waals surface area contributed by atoms with Crippen LogP contribution >= 0.6 is 23.1 Å². The third-order valence-corrected chi connectivity index (χ3v) is 4.99. The van der Waals surface area contributed by atoms with Crippen molar-refractivity contribution in [1.29, 1.82) is 0 Å². The van der Waals surface area contributed by atoms with Crippen LogP contribution in [0.15, 0.2) is 9.85 Å². The van der Waals surface area contributed by atoms with Gasteiger partial charge in [-0.2, -0.15) is 0 Å². The van der Waals surface area contributed by atoms with Crippen molar-refractivity contribution in [3.63, 3.8) is 0 Å². The lowest BCUT2D eigenvalue weighted by Crippen LogP contribution is -2.52. The zero-order valence-electron chi connectivity index (χ0n) is 11.4. The van der Waals surface area contributed by atoms with Gasteiger partial charge in [0.1, 0.15) is 11.0 Å². The van der Waals surface area contributed by atoms with Crippen LogP contribution in [0.25, 0.3) is 0 Å². The van der Waals surface area contributed by atoms with E-state index in [4.69, 9.17) is 0 Å². The lowest BCUT2D eigenvalue weighted by atomic mass is 9.90. The summed E-state index contributed by atoms with van der Waals surface area (Å²) in [4.78, 5) is 11.5. The molecule has 1 atom stereocenters. The summed E-state index contributed by atoms with van der Waals surface area (Å²) in [5.74, 6) is 0.127. The molecule has 1 heterocycles. The van der Waals surface area contributed by atoms with Gasteiger partial charge < -0.3 is 10.4 Å². The van der Waals surface area contributed by atoms with E-state index >= 15 is 0 Å². The van der Waals surface area contributed by atoms with Crippen LogP contribution in [0, 0.1) is 0 Å². The van der Waals surface area contributed by atoms with E-state index in [0.29, 0.717) is 12.8 Å². The molecule has 1 aromatic rings. The average Bonchev–Trinajstić information content (AvgIpc) is 2.91. The van der Waals surface area contributed by atoms with E-state index in [1.165, 1.54) is 11.3 Å². The largest absolute Gasteiger partial charge is 0.480 e. The molecule has 1 unspecified atom stereocenters. The highest BCUT2D eigenvalue weighted by atomic mass is 32.2. The van der Waals surface area contributed by atoms with E-state index < -0.39 is 11.5 Å². The minimum Gasteiger partial charge on any atom is -0.480 e. The van der Waals surface area contributed by atoms with Crippen LogP contribution in [-0.4, -0.2) is 39.1 Å². The first-order valence-electron chi connectivity index (χ1n) is 6.52. The molecule has 108 valence electrons. The van der Waals surface area contributed by atoms with E-state index in [9.17, 15) is 9.90 Å². The average molecular weight is 303 g/mol. The standard InChI is InChI=1S/C12H21N3O2S2/c1-3-7-13-12(4-2,10(16)17)6-5-8-18-11-15-14-9-19-11/h9,13H,3-8H2,1-2H3,(H,16,17). The summed E-state index contributed by atoms with van der Waals surface area (Å²) in [5, 5.41) is 20.4. The predicted octanol–water partition coefficient (Wildman–Crippen LogP) is 2.64. The molecule has 0 spiro atoms. The summed E-state index contributed by atoms with van der Waals surface area (Å²) in [6, 6.07) is 0. The van der Waals surface area contributed by atoms with Crippen LogP contribution in [-0.2, 0) is 4.79 Å². The molecule has 2 N–H and O–H groups in total. The Kier molecular flexibility index (Phi) is 7.33. The first kappa shape index (κ1) is 16.4. The summed E-state index contributed by atoms with van der Waals surface area (Å²) in [7, 11) is 0. The highest BCUT2D eigenvalue weighted by Gasteiger charge is 2.35. The van der Waals surface area contributed by atoms with Gasteiger partial charge in [0.15, 0.2) is 4.34 Å². The summed E-state index contributed by atoms with van der Waals surface area (Å²) in [5.41, 5.74) is 0.927. The predicted molar refractivity (Wildman–Crippen MR) is 78.8 cm³/mol. The summed E-state index contributed by atoms with van der Waals surface area (Å²) < 4.78 is 0.943. The molecule has 0 amide bonds. The Morgan fingerprint density at radius 2 is 2.37 bits per heavy atom. The molecule has 1 rings (SSSR count). The zero-order valence-corrected chi connectivity index (χ0v) is 13.0. The summed E-state index contributed by atoms with van der Waals surface area (Å²) >= 11 is 3.15. The molecular formula is C12H21N3O2S2. The second-order valence-electron chi connectivity index (χ2n) is 4.32. The molecule has 19 heavy (non-hydrogen) atoms. The number of hydrogen-bond acceptors (Lipinski definition) is 6. The number of nitrogens with one attached hydrogen (secondary N) is 1. The maximum absolute atomic E-state index is 11.5. The van der Waals surface area contributed by atoms with Crippen LogP contribution in [0.5, 0.6) is 0 Å². The Labute approximate surface area is 122 Å². The van der Waals surface area contributed by atoms with Crippen molar-refractivity contribution in [1.82, 2.24) is 15.5 Å². The monoisotopic (exact) mass is 303 g/mol. The number of carbonyl (C=O) groups is 1. The molecule has 0 radical (unpaired) electrons. The Bertz CT molecular complexity index is 373. The van der Waals surface area contributed by atoms with Crippen LogP contribution in [0.3, 0.4) is 0 Å². The van der Waals surface area contributed by atoms with Crippen molar-refractivity contribution < 1.29 is 9.90 Å². The van der Waals surface area contributed by atoms with Crippen molar-refractivity contribution in [2.24, 2.45) is 0 Å². The normalized spacial score (nSPS) is 14.2. The second-order valence-corrected chi connectivity index (χ2v) is 6.50. The van der Waals surface area contributed by atoms with Gasteiger partial charge in [-0.1, -0.05) is 36.9 Å². The van der Waals surface area contributed by atoms with Gasteiger partial charge in [-0.3, -0.25) is 4.79 Å². The van der Waals surface area contributed by atoms with E-state index in [-0.39, 0.29) is 0 Å². The molecule has 0 aliphatic heterocycles. The van der Waals surface area contributed by atoms with Gasteiger partial charge in [0.25, 0.3) is 0 Å². The van der Waals surface area contributed by atoms with E-state index in [1.54, 1.807) is 17.3 Å².